The lowest BCUT2D eigenvalue weighted by Crippen LogP contribution is -2.28. The highest BCUT2D eigenvalue weighted by Crippen LogP contribution is 2.29. The Morgan fingerprint density at radius 3 is 2.47 bits per heavy atom. The Balaban J connectivity index is 1.49. The Bertz CT molecular complexity index is 1530. The van der Waals surface area contributed by atoms with Crippen LogP contribution in [-0.4, -0.2) is 20.3 Å². The molecule has 10 heteroatoms. The van der Waals surface area contributed by atoms with Crippen molar-refractivity contribution in [3.63, 3.8) is 0 Å². The monoisotopic (exact) mass is 510 g/mol. The molecule has 0 bridgehead atoms. The number of nitriles is 1. The zero-order valence-electron chi connectivity index (χ0n) is 18.8. The Hall–Kier alpha value is -4.16. The van der Waals surface area contributed by atoms with E-state index >= 15 is 0 Å². The molecule has 1 unspecified atom stereocenters. The molecule has 6 nitrogen and oxygen atoms in total. The quantitative estimate of drug-likeness (QED) is 0.354. The fourth-order valence-corrected chi connectivity index (χ4v) is 3.92. The van der Waals surface area contributed by atoms with Gasteiger partial charge in [-0.25, -0.2) is 4.98 Å². The summed E-state index contributed by atoms with van der Waals surface area (Å²) < 4.78 is 39.6. The Morgan fingerprint density at radius 2 is 1.86 bits per heavy atom. The molecule has 1 atom stereocenters. The highest BCUT2D eigenvalue weighted by molar-refractivity contribution is 6.30. The number of nitrogens with zero attached hydrogens (tertiary/aromatic N) is 3. The van der Waals surface area contributed by atoms with Crippen LogP contribution in [0.2, 0.25) is 5.02 Å². The molecule has 0 aliphatic rings. The van der Waals surface area contributed by atoms with E-state index in [0.29, 0.717) is 32.8 Å². The first kappa shape index (κ1) is 24.9. The molecule has 2 heterocycles. The average molecular weight is 511 g/mol. The van der Waals surface area contributed by atoms with Gasteiger partial charge in [0, 0.05) is 29.3 Å². The van der Waals surface area contributed by atoms with Gasteiger partial charge in [0.25, 0.3) is 5.56 Å². The Morgan fingerprint density at radius 1 is 1.14 bits per heavy atom. The molecule has 0 aliphatic carbocycles. The average Bonchev–Trinajstić information content (AvgIpc) is 3.35. The molecular formula is C26H18ClF3N4O2. The maximum absolute atomic E-state index is 12.9. The second-order valence-electron chi connectivity index (χ2n) is 8.12. The number of Topliss-reactive ketones (excluding diaryl/α,β-unsaturated/α-hetero) is 1. The lowest BCUT2D eigenvalue weighted by molar-refractivity contribution is -0.144. The number of aromatic amines is 1. The van der Waals surface area contributed by atoms with Gasteiger partial charge < -0.3 is 9.55 Å². The molecule has 2 aromatic carbocycles. The number of hydrogen-bond donors (Lipinski definition) is 1. The molecule has 1 N–H and O–H groups in total. The van der Waals surface area contributed by atoms with Crippen LogP contribution < -0.4 is 5.56 Å². The number of carbonyl (C=O) groups excluding carboxylic acids is 1. The number of aromatic nitrogens is 3. The summed E-state index contributed by atoms with van der Waals surface area (Å²) in [7, 11) is 0. The third-order valence-electron chi connectivity index (χ3n) is 5.73. The normalized spacial score (nSPS) is 12.2. The van der Waals surface area contributed by atoms with Crippen molar-refractivity contribution in [3.8, 4) is 28.5 Å². The van der Waals surface area contributed by atoms with Crippen LogP contribution in [0, 0.1) is 11.3 Å². The minimum Gasteiger partial charge on any atom is -0.334 e. The fraction of sp³-hybridized carbons (Fsp3) is 0.154. The Kier molecular flexibility index (Phi) is 6.82. The van der Waals surface area contributed by atoms with Gasteiger partial charge in [-0.2, -0.15) is 18.4 Å². The van der Waals surface area contributed by atoms with Crippen LogP contribution in [0.1, 0.15) is 29.9 Å². The number of carbonyl (C=O) groups is 1. The number of nitrogens with one attached hydrogen (secondary N) is 1. The van der Waals surface area contributed by atoms with Gasteiger partial charge in [0.1, 0.15) is 0 Å². The van der Waals surface area contributed by atoms with Crippen molar-refractivity contribution in [2.45, 2.75) is 25.6 Å². The molecule has 0 saturated carbocycles. The largest absolute Gasteiger partial charge is 0.449 e. The maximum atomic E-state index is 12.9. The van der Waals surface area contributed by atoms with Gasteiger partial charge in [-0.05, 0) is 47.9 Å². The van der Waals surface area contributed by atoms with Crippen molar-refractivity contribution >= 4 is 17.4 Å². The number of halogens is 4. The van der Waals surface area contributed by atoms with E-state index in [-0.39, 0.29) is 17.9 Å². The van der Waals surface area contributed by atoms with Crippen LogP contribution in [0.15, 0.2) is 71.8 Å². The van der Waals surface area contributed by atoms with Crippen LogP contribution in [-0.2, 0) is 17.4 Å². The minimum atomic E-state index is -4.57. The van der Waals surface area contributed by atoms with E-state index in [1.165, 1.54) is 16.8 Å². The van der Waals surface area contributed by atoms with Crippen molar-refractivity contribution in [3.05, 3.63) is 99.3 Å². The van der Waals surface area contributed by atoms with E-state index in [4.69, 9.17) is 11.6 Å². The van der Waals surface area contributed by atoms with Gasteiger partial charge in [-0.3, -0.25) is 9.59 Å². The zero-order valence-corrected chi connectivity index (χ0v) is 19.6. The van der Waals surface area contributed by atoms with Crippen molar-refractivity contribution in [1.82, 2.24) is 14.5 Å². The number of imidazole rings is 1. The highest BCUT2D eigenvalue weighted by Gasteiger charge is 2.34. The standard InChI is InChI=1S/C26H18ClF3N4O2/c1-15(34-9-8-18(11-24(34)36)21-12-20(27)7-6-19(21)13-31)23(35)10-16-2-4-17(5-3-16)22-14-32-25(33-22)26(28,29)30/h2-9,11-12,14-15H,10H2,1H3,(H,32,33). The van der Waals surface area contributed by atoms with Gasteiger partial charge >= 0.3 is 6.18 Å². The molecule has 0 amide bonds. The summed E-state index contributed by atoms with van der Waals surface area (Å²) in [6.45, 7) is 1.61. The number of benzene rings is 2. The lowest BCUT2D eigenvalue weighted by atomic mass is 10.0. The number of rotatable bonds is 6. The van der Waals surface area contributed by atoms with Crippen LogP contribution in [0.25, 0.3) is 22.4 Å². The topological polar surface area (TPSA) is 91.5 Å². The smallest absolute Gasteiger partial charge is 0.334 e. The van der Waals surface area contributed by atoms with Gasteiger partial charge in [0.2, 0.25) is 5.82 Å². The molecule has 36 heavy (non-hydrogen) atoms. The van der Waals surface area contributed by atoms with Crippen molar-refractivity contribution < 1.29 is 18.0 Å². The summed E-state index contributed by atoms with van der Waals surface area (Å²) in [4.78, 5) is 31.2. The van der Waals surface area contributed by atoms with Crippen LogP contribution in [0.4, 0.5) is 13.2 Å². The van der Waals surface area contributed by atoms with Gasteiger partial charge in [-0.15, -0.1) is 0 Å². The summed E-state index contributed by atoms with van der Waals surface area (Å²) in [6.07, 6.45) is -1.94. The van der Waals surface area contributed by atoms with Gasteiger partial charge in [0.05, 0.1) is 29.6 Å². The van der Waals surface area contributed by atoms with Crippen molar-refractivity contribution in [2.75, 3.05) is 0 Å². The van der Waals surface area contributed by atoms with Crippen LogP contribution >= 0.6 is 11.6 Å². The summed E-state index contributed by atoms with van der Waals surface area (Å²) in [5, 5.41) is 9.77. The number of H-pyrrole nitrogens is 1. The minimum absolute atomic E-state index is 0.0271. The molecular weight excluding hydrogens is 493 g/mol. The Labute approximate surface area is 208 Å². The summed E-state index contributed by atoms with van der Waals surface area (Å²) in [5.74, 6) is -1.31. The SMILES string of the molecule is CC(C(=O)Cc1ccc(-c2cnc(C(F)(F)F)[nH]2)cc1)n1ccc(-c2cc(Cl)ccc2C#N)cc1=O. The summed E-state index contributed by atoms with van der Waals surface area (Å²) in [5.41, 5.74) is 2.34. The van der Waals surface area contributed by atoms with Crippen molar-refractivity contribution in [1.29, 1.82) is 5.26 Å². The predicted molar refractivity (Wildman–Crippen MR) is 128 cm³/mol. The van der Waals surface area contributed by atoms with E-state index in [1.807, 2.05) is 0 Å². The number of hydrogen-bond acceptors (Lipinski definition) is 4. The number of pyridine rings is 1. The second-order valence-corrected chi connectivity index (χ2v) is 8.56. The third kappa shape index (κ3) is 5.24. The molecule has 0 radical (unpaired) electrons. The maximum Gasteiger partial charge on any atom is 0.449 e. The van der Waals surface area contributed by atoms with Crippen LogP contribution in [0.5, 0.6) is 0 Å². The molecule has 4 rings (SSSR count). The summed E-state index contributed by atoms with van der Waals surface area (Å²) in [6, 6.07) is 15.5. The van der Waals surface area contributed by atoms with E-state index in [9.17, 15) is 28.0 Å². The summed E-state index contributed by atoms with van der Waals surface area (Å²) >= 11 is 6.04. The van der Waals surface area contributed by atoms with Crippen molar-refractivity contribution in [2.24, 2.45) is 0 Å². The fourth-order valence-electron chi connectivity index (χ4n) is 3.75. The zero-order chi connectivity index (χ0) is 26.0. The van der Waals surface area contributed by atoms with Gasteiger partial charge in [0.15, 0.2) is 5.78 Å². The first-order valence-electron chi connectivity index (χ1n) is 10.7. The molecule has 0 saturated heterocycles. The van der Waals surface area contributed by atoms with E-state index < -0.39 is 23.6 Å². The third-order valence-corrected chi connectivity index (χ3v) is 5.97. The molecule has 2 aromatic heterocycles. The van der Waals surface area contributed by atoms with Gasteiger partial charge in [-0.1, -0.05) is 35.9 Å². The van der Waals surface area contributed by atoms with E-state index in [2.05, 4.69) is 16.0 Å². The first-order valence-corrected chi connectivity index (χ1v) is 11.1. The molecule has 182 valence electrons. The number of alkyl halides is 3. The predicted octanol–water partition coefficient (Wildman–Crippen LogP) is 5.82. The lowest BCUT2D eigenvalue weighted by Gasteiger charge is -2.15. The number of ketones is 1. The first-order chi connectivity index (χ1) is 17.1. The van der Waals surface area contributed by atoms with Crippen LogP contribution in [0.3, 0.4) is 0 Å². The van der Waals surface area contributed by atoms with E-state index in [1.54, 1.807) is 55.5 Å². The molecule has 0 aliphatic heterocycles. The molecule has 0 fully saturated rings. The second kappa shape index (κ2) is 9.84. The molecule has 0 spiro atoms. The van der Waals surface area contributed by atoms with E-state index in [0.717, 1.165) is 6.20 Å². The molecule has 4 aromatic rings. The highest BCUT2D eigenvalue weighted by atomic mass is 35.5.